The highest BCUT2D eigenvalue weighted by Crippen LogP contribution is 2.24. The van der Waals surface area contributed by atoms with Gasteiger partial charge in [-0.25, -0.2) is 14.4 Å². The predicted octanol–water partition coefficient (Wildman–Crippen LogP) is 4.64. The third-order valence-electron chi connectivity index (χ3n) is 2.77. The van der Waals surface area contributed by atoms with Crippen molar-refractivity contribution in [2.24, 2.45) is 0 Å². The maximum absolute atomic E-state index is 13.2. The number of hydrogen-bond acceptors (Lipinski definition) is 4. The Bertz CT molecular complexity index is 622. The first-order valence-electron chi connectivity index (χ1n) is 6.75. The molecule has 1 heterocycles. The van der Waals surface area contributed by atoms with E-state index < -0.39 is 0 Å². The highest BCUT2D eigenvalue weighted by atomic mass is 127. The van der Waals surface area contributed by atoms with E-state index in [0.717, 1.165) is 38.8 Å². The van der Waals surface area contributed by atoms with E-state index in [1.165, 1.54) is 23.9 Å². The van der Waals surface area contributed by atoms with E-state index in [9.17, 15) is 4.39 Å². The average Bonchev–Trinajstić information content (AvgIpc) is 2.47. The van der Waals surface area contributed by atoms with Gasteiger partial charge in [0.1, 0.15) is 17.5 Å². The first-order valence-corrected chi connectivity index (χ1v) is 8.82. The van der Waals surface area contributed by atoms with Crippen LogP contribution in [0.25, 0.3) is 0 Å². The molecule has 21 heavy (non-hydrogen) atoms. The fourth-order valence-corrected chi connectivity index (χ4v) is 2.97. The molecule has 0 saturated heterocycles. The zero-order chi connectivity index (χ0) is 15.2. The molecular formula is C15H17FIN3S. The van der Waals surface area contributed by atoms with Crippen molar-refractivity contribution >= 4 is 40.2 Å². The van der Waals surface area contributed by atoms with Crippen LogP contribution in [0.4, 0.5) is 10.2 Å². The van der Waals surface area contributed by atoms with Crippen molar-refractivity contribution in [1.82, 2.24) is 9.97 Å². The molecular weight excluding hydrogens is 400 g/mol. The van der Waals surface area contributed by atoms with Crippen molar-refractivity contribution in [2.75, 3.05) is 11.9 Å². The van der Waals surface area contributed by atoms with E-state index in [0.29, 0.717) is 5.75 Å². The summed E-state index contributed by atoms with van der Waals surface area (Å²) in [6.45, 7) is 4.99. The van der Waals surface area contributed by atoms with Crippen LogP contribution >= 0.6 is 34.4 Å². The number of aromatic nitrogens is 2. The number of nitrogens with zero attached hydrogens (tertiary/aromatic N) is 2. The highest BCUT2D eigenvalue weighted by Gasteiger charge is 2.09. The van der Waals surface area contributed by atoms with Crippen molar-refractivity contribution in [1.29, 1.82) is 0 Å². The number of benzene rings is 1. The molecule has 112 valence electrons. The molecule has 0 unspecified atom stereocenters. The van der Waals surface area contributed by atoms with E-state index in [1.807, 2.05) is 13.0 Å². The number of anilines is 1. The van der Waals surface area contributed by atoms with Gasteiger partial charge >= 0.3 is 0 Å². The Labute approximate surface area is 142 Å². The van der Waals surface area contributed by atoms with Crippen LogP contribution in [-0.2, 0) is 5.75 Å². The van der Waals surface area contributed by atoms with Crippen LogP contribution < -0.4 is 5.32 Å². The summed E-state index contributed by atoms with van der Waals surface area (Å²) in [5, 5.41) is 3.32. The molecule has 0 aliphatic heterocycles. The summed E-state index contributed by atoms with van der Waals surface area (Å²) in [7, 11) is 0. The minimum absolute atomic E-state index is 0.218. The van der Waals surface area contributed by atoms with E-state index in [1.54, 1.807) is 6.07 Å². The Kier molecular flexibility index (Phi) is 6.22. The quantitative estimate of drug-likeness (QED) is 0.549. The van der Waals surface area contributed by atoms with Crippen molar-refractivity contribution in [3.8, 4) is 0 Å². The van der Waals surface area contributed by atoms with E-state index >= 15 is 0 Å². The molecule has 2 aromatic rings. The molecule has 0 spiro atoms. The second-order valence-electron chi connectivity index (χ2n) is 4.56. The Morgan fingerprint density at radius 1 is 1.33 bits per heavy atom. The predicted molar refractivity (Wildman–Crippen MR) is 94.2 cm³/mol. The van der Waals surface area contributed by atoms with Gasteiger partial charge in [-0.1, -0.05) is 13.0 Å². The van der Waals surface area contributed by atoms with Crippen LogP contribution in [-0.4, -0.2) is 16.5 Å². The Hall–Kier alpha value is -0.890. The lowest BCUT2D eigenvalue weighted by atomic mass is 10.4. The molecule has 6 heteroatoms. The molecule has 0 saturated carbocycles. The van der Waals surface area contributed by atoms with Crippen LogP contribution in [0.2, 0.25) is 0 Å². The number of aryl methyl sites for hydroxylation is 1. The monoisotopic (exact) mass is 417 g/mol. The van der Waals surface area contributed by atoms with Crippen LogP contribution in [0, 0.1) is 16.3 Å². The summed E-state index contributed by atoms with van der Waals surface area (Å²) in [6, 6.07) is 6.58. The maximum atomic E-state index is 13.2. The molecule has 3 nitrogen and oxygen atoms in total. The van der Waals surface area contributed by atoms with Crippen molar-refractivity contribution in [3.05, 3.63) is 45.2 Å². The summed E-state index contributed by atoms with van der Waals surface area (Å²) in [5.41, 5.74) is 0.971. The molecule has 0 aliphatic rings. The normalized spacial score (nSPS) is 10.7. The zero-order valence-corrected chi connectivity index (χ0v) is 15.0. The number of hydrogen-bond donors (Lipinski definition) is 1. The smallest absolute Gasteiger partial charge is 0.143 e. The van der Waals surface area contributed by atoms with E-state index in [-0.39, 0.29) is 5.82 Å². The largest absolute Gasteiger partial charge is 0.369 e. The van der Waals surface area contributed by atoms with Crippen LogP contribution in [0.5, 0.6) is 0 Å². The third-order valence-corrected chi connectivity index (χ3v) is 5.05. The highest BCUT2D eigenvalue weighted by molar-refractivity contribution is 14.1. The summed E-state index contributed by atoms with van der Waals surface area (Å²) >= 11 is 3.80. The third kappa shape index (κ3) is 4.81. The van der Waals surface area contributed by atoms with Gasteiger partial charge in [-0.2, -0.15) is 0 Å². The van der Waals surface area contributed by atoms with E-state index in [4.69, 9.17) is 0 Å². The van der Waals surface area contributed by atoms with Gasteiger partial charge in [-0.15, -0.1) is 11.8 Å². The lowest BCUT2D eigenvalue weighted by Crippen LogP contribution is -2.08. The summed E-state index contributed by atoms with van der Waals surface area (Å²) in [4.78, 5) is 9.96. The van der Waals surface area contributed by atoms with Gasteiger partial charge in [0.25, 0.3) is 0 Å². The van der Waals surface area contributed by atoms with Crippen molar-refractivity contribution in [3.63, 3.8) is 0 Å². The lowest BCUT2D eigenvalue weighted by molar-refractivity contribution is 0.624. The molecule has 1 aromatic heterocycles. The minimum atomic E-state index is -0.218. The summed E-state index contributed by atoms with van der Waals surface area (Å²) in [6.07, 6.45) is 1.05. The van der Waals surface area contributed by atoms with Crippen LogP contribution in [0.15, 0.2) is 29.2 Å². The number of rotatable bonds is 6. The first kappa shape index (κ1) is 16.5. The first-order chi connectivity index (χ1) is 10.1. The van der Waals surface area contributed by atoms with Crippen LogP contribution in [0.1, 0.15) is 24.9 Å². The standard InChI is InChI=1S/C15H17FIN3S/c1-3-7-18-15-14(17)10(2)19-13(20-15)9-21-12-6-4-5-11(16)8-12/h4-6,8H,3,7,9H2,1-2H3,(H,18,19,20). The average molecular weight is 417 g/mol. The molecule has 1 N–H and O–H groups in total. The fraction of sp³-hybridized carbons (Fsp3) is 0.333. The summed E-state index contributed by atoms with van der Waals surface area (Å²) in [5.74, 6) is 2.06. The lowest BCUT2D eigenvalue weighted by Gasteiger charge is -2.10. The number of thioether (sulfide) groups is 1. The van der Waals surface area contributed by atoms with Crippen LogP contribution in [0.3, 0.4) is 0 Å². The maximum Gasteiger partial charge on any atom is 0.143 e. The van der Waals surface area contributed by atoms with Gasteiger partial charge in [0, 0.05) is 11.4 Å². The molecule has 0 amide bonds. The molecule has 1 aromatic carbocycles. The molecule has 0 radical (unpaired) electrons. The van der Waals surface area contributed by atoms with Gasteiger partial charge in [0.15, 0.2) is 0 Å². The second-order valence-corrected chi connectivity index (χ2v) is 6.69. The number of nitrogens with one attached hydrogen (secondary N) is 1. The molecule has 0 atom stereocenters. The minimum Gasteiger partial charge on any atom is -0.369 e. The molecule has 0 aliphatic carbocycles. The topological polar surface area (TPSA) is 37.8 Å². The zero-order valence-electron chi connectivity index (χ0n) is 12.0. The SMILES string of the molecule is CCCNc1nc(CSc2cccc(F)c2)nc(C)c1I. The van der Waals surface area contributed by atoms with Gasteiger partial charge in [0.2, 0.25) is 0 Å². The Balaban J connectivity index is 2.11. The Morgan fingerprint density at radius 3 is 2.86 bits per heavy atom. The van der Waals surface area contributed by atoms with Gasteiger partial charge in [0.05, 0.1) is 15.0 Å². The van der Waals surface area contributed by atoms with Crippen molar-refractivity contribution < 1.29 is 4.39 Å². The second kappa shape index (κ2) is 7.93. The molecule has 0 bridgehead atoms. The molecule has 2 rings (SSSR count). The Morgan fingerprint density at radius 2 is 2.14 bits per heavy atom. The van der Waals surface area contributed by atoms with Gasteiger partial charge in [-0.05, 0) is 54.1 Å². The fourth-order valence-electron chi connectivity index (χ4n) is 1.75. The molecule has 0 fully saturated rings. The van der Waals surface area contributed by atoms with Crippen molar-refractivity contribution in [2.45, 2.75) is 30.9 Å². The van der Waals surface area contributed by atoms with Gasteiger partial charge in [-0.3, -0.25) is 0 Å². The van der Waals surface area contributed by atoms with E-state index in [2.05, 4.69) is 44.8 Å². The summed E-state index contributed by atoms with van der Waals surface area (Å²) < 4.78 is 14.2. The van der Waals surface area contributed by atoms with Gasteiger partial charge < -0.3 is 5.32 Å². The number of halogens is 2.